The molecule has 1 atom stereocenters. The second-order valence-corrected chi connectivity index (χ2v) is 4.63. The van der Waals surface area contributed by atoms with E-state index in [4.69, 9.17) is 15.7 Å². The van der Waals surface area contributed by atoms with E-state index in [0.717, 1.165) is 10.8 Å². The number of benzene rings is 2. The van der Waals surface area contributed by atoms with Crippen LogP contribution in [0.5, 0.6) is 0 Å². The minimum atomic E-state index is -1.46. The Kier molecular flexibility index (Phi) is 2.80. The van der Waals surface area contributed by atoms with Crippen LogP contribution in [0.4, 0.5) is 11.4 Å². The first-order valence-electron chi connectivity index (χ1n) is 4.67. The Morgan fingerprint density at radius 2 is 1.69 bits per heavy atom. The lowest BCUT2D eigenvalue weighted by Crippen LogP contribution is -1.96. The summed E-state index contributed by atoms with van der Waals surface area (Å²) in [7, 11) is 1.39. The number of nitrogens with two attached hydrogens (primary N) is 2. The third-order valence-corrected chi connectivity index (χ3v) is 3.34. The fourth-order valence-electron chi connectivity index (χ4n) is 1.57. The van der Waals surface area contributed by atoms with E-state index in [1.165, 1.54) is 7.11 Å². The summed E-state index contributed by atoms with van der Waals surface area (Å²) in [5, 5.41) is 1.65. The summed E-state index contributed by atoms with van der Waals surface area (Å²) in [5.41, 5.74) is 12.9. The number of anilines is 2. The van der Waals surface area contributed by atoms with Crippen molar-refractivity contribution in [3.05, 3.63) is 30.3 Å². The molecule has 0 radical (unpaired) electrons. The zero-order valence-electron chi connectivity index (χ0n) is 8.77. The Hall–Kier alpha value is -1.59. The third-order valence-electron chi connectivity index (χ3n) is 2.40. The molecular weight excluding hydrogens is 224 g/mol. The molecule has 0 bridgehead atoms. The van der Waals surface area contributed by atoms with Crippen LogP contribution in [-0.4, -0.2) is 11.3 Å². The van der Waals surface area contributed by atoms with E-state index in [0.29, 0.717) is 16.3 Å². The minimum Gasteiger partial charge on any atom is -0.398 e. The highest BCUT2D eigenvalue weighted by Gasteiger charge is 2.07. The van der Waals surface area contributed by atoms with Gasteiger partial charge in [0, 0.05) is 22.1 Å². The van der Waals surface area contributed by atoms with Crippen LogP contribution in [0.2, 0.25) is 0 Å². The van der Waals surface area contributed by atoms with Crippen LogP contribution in [0.3, 0.4) is 0 Å². The van der Waals surface area contributed by atoms with E-state index in [1.807, 2.05) is 0 Å². The molecule has 0 heterocycles. The van der Waals surface area contributed by atoms with Gasteiger partial charge < -0.3 is 11.5 Å². The smallest absolute Gasteiger partial charge is 0.188 e. The second kappa shape index (κ2) is 4.11. The summed E-state index contributed by atoms with van der Waals surface area (Å²) < 4.78 is 16.2. The lowest BCUT2D eigenvalue weighted by atomic mass is 10.1. The highest BCUT2D eigenvalue weighted by Crippen LogP contribution is 2.28. The van der Waals surface area contributed by atoms with E-state index in [-0.39, 0.29) is 0 Å². The molecule has 0 spiro atoms. The Morgan fingerprint density at radius 3 is 2.31 bits per heavy atom. The number of nitrogen functional groups attached to an aromatic ring is 2. The maximum absolute atomic E-state index is 11.5. The van der Waals surface area contributed by atoms with Gasteiger partial charge in [-0.1, -0.05) is 6.07 Å². The zero-order valence-corrected chi connectivity index (χ0v) is 9.58. The number of hydrogen-bond acceptors (Lipinski definition) is 4. The van der Waals surface area contributed by atoms with E-state index >= 15 is 0 Å². The molecule has 4 nitrogen and oxygen atoms in total. The first-order chi connectivity index (χ1) is 7.63. The van der Waals surface area contributed by atoms with Crippen LogP contribution < -0.4 is 11.5 Å². The molecule has 0 aromatic heterocycles. The molecule has 0 amide bonds. The van der Waals surface area contributed by atoms with Gasteiger partial charge in [-0.25, -0.2) is 4.21 Å². The summed E-state index contributed by atoms with van der Waals surface area (Å²) in [4.78, 5) is 0.576. The Bertz CT molecular complexity index is 569. The zero-order chi connectivity index (χ0) is 11.7. The first kappa shape index (κ1) is 10.9. The highest BCUT2D eigenvalue weighted by molar-refractivity contribution is 7.80. The standard InChI is InChI=1S/C11H12N2O2S/c1-15-16(14)7-2-3-8-9(6-7)11(13)5-4-10(8)12/h2-6H,12-13H2,1H3. The third kappa shape index (κ3) is 1.75. The van der Waals surface area contributed by atoms with Crippen molar-refractivity contribution in [1.29, 1.82) is 0 Å². The normalized spacial score (nSPS) is 12.8. The van der Waals surface area contributed by atoms with Crippen molar-refractivity contribution in [3.63, 3.8) is 0 Å². The predicted octanol–water partition coefficient (Wildman–Crippen LogP) is 1.67. The van der Waals surface area contributed by atoms with Gasteiger partial charge in [0.25, 0.3) is 0 Å². The highest BCUT2D eigenvalue weighted by atomic mass is 32.2. The molecule has 5 heteroatoms. The van der Waals surface area contributed by atoms with Crippen LogP contribution >= 0.6 is 0 Å². The van der Waals surface area contributed by atoms with Crippen molar-refractivity contribution < 1.29 is 8.39 Å². The molecule has 0 saturated heterocycles. The molecule has 0 fully saturated rings. The average Bonchev–Trinajstić information content (AvgIpc) is 2.32. The molecule has 2 aromatic rings. The van der Waals surface area contributed by atoms with Crippen molar-refractivity contribution in [2.75, 3.05) is 18.6 Å². The Morgan fingerprint density at radius 1 is 1.06 bits per heavy atom. The topological polar surface area (TPSA) is 78.3 Å². The number of rotatable bonds is 2. The number of fused-ring (bicyclic) bond motifs is 1. The summed E-state index contributed by atoms with van der Waals surface area (Å²) in [6.07, 6.45) is 0. The summed E-state index contributed by atoms with van der Waals surface area (Å²) in [6, 6.07) is 8.74. The molecule has 0 aliphatic rings. The average molecular weight is 236 g/mol. The maximum Gasteiger partial charge on any atom is 0.188 e. The van der Waals surface area contributed by atoms with Crippen molar-refractivity contribution in [2.24, 2.45) is 0 Å². The molecule has 4 N–H and O–H groups in total. The first-order valence-corrected chi connectivity index (χ1v) is 5.75. The van der Waals surface area contributed by atoms with Gasteiger partial charge in [-0.15, -0.1) is 0 Å². The van der Waals surface area contributed by atoms with Crippen LogP contribution in [0.25, 0.3) is 10.8 Å². The van der Waals surface area contributed by atoms with E-state index in [9.17, 15) is 4.21 Å². The molecule has 16 heavy (non-hydrogen) atoms. The molecule has 1 unspecified atom stereocenters. The largest absolute Gasteiger partial charge is 0.398 e. The summed E-state index contributed by atoms with van der Waals surface area (Å²) >= 11 is -1.46. The SMILES string of the molecule is COS(=O)c1ccc2c(N)ccc(N)c2c1. The van der Waals surface area contributed by atoms with Crippen molar-refractivity contribution >= 4 is 33.2 Å². The predicted molar refractivity (Wildman–Crippen MR) is 66.2 cm³/mol. The van der Waals surface area contributed by atoms with Gasteiger partial charge in [-0.05, 0) is 24.3 Å². The number of hydrogen-bond donors (Lipinski definition) is 2. The van der Waals surface area contributed by atoms with Gasteiger partial charge in [0.15, 0.2) is 11.1 Å². The van der Waals surface area contributed by atoms with Crippen LogP contribution in [0, 0.1) is 0 Å². The fraction of sp³-hybridized carbons (Fsp3) is 0.0909. The van der Waals surface area contributed by atoms with Crippen LogP contribution in [0.1, 0.15) is 0 Å². The summed E-state index contributed by atoms with van der Waals surface area (Å²) in [5.74, 6) is 0. The monoisotopic (exact) mass is 236 g/mol. The Balaban J connectivity index is 2.70. The molecular formula is C11H12N2O2S. The van der Waals surface area contributed by atoms with Crippen LogP contribution in [-0.2, 0) is 15.3 Å². The lowest BCUT2D eigenvalue weighted by Gasteiger charge is -2.07. The van der Waals surface area contributed by atoms with Gasteiger partial charge in [0.05, 0.1) is 12.0 Å². The van der Waals surface area contributed by atoms with Crippen molar-refractivity contribution in [2.45, 2.75) is 4.90 Å². The molecule has 0 aliphatic carbocycles. The maximum atomic E-state index is 11.5. The molecule has 0 saturated carbocycles. The van der Waals surface area contributed by atoms with Gasteiger partial charge in [0.1, 0.15) is 0 Å². The van der Waals surface area contributed by atoms with Gasteiger partial charge in [-0.3, -0.25) is 4.18 Å². The van der Waals surface area contributed by atoms with E-state index in [1.54, 1.807) is 30.3 Å². The Labute approximate surface area is 95.9 Å². The minimum absolute atomic E-state index is 0.576. The van der Waals surface area contributed by atoms with Gasteiger partial charge in [-0.2, -0.15) is 0 Å². The molecule has 0 aliphatic heterocycles. The fourth-order valence-corrected chi connectivity index (χ4v) is 2.16. The lowest BCUT2D eigenvalue weighted by molar-refractivity contribution is 0.446. The van der Waals surface area contributed by atoms with Crippen molar-refractivity contribution in [3.8, 4) is 0 Å². The quantitative estimate of drug-likeness (QED) is 0.777. The second-order valence-electron chi connectivity index (χ2n) is 3.35. The molecule has 2 aromatic carbocycles. The van der Waals surface area contributed by atoms with Gasteiger partial charge >= 0.3 is 0 Å². The molecule has 84 valence electrons. The van der Waals surface area contributed by atoms with Crippen LogP contribution in [0.15, 0.2) is 35.2 Å². The van der Waals surface area contributed by atoms with E-state index < -0.39 is 11.1 Å². The van der Waals surface area contributed by atoms with Gasteiger partial charge in [0.2, 0.25) is 0 Å². The van der Waals surface area contributed by atoms with E-state index in [2.05, 4.69) is 0 Å². The van der Waals surface area contributed by atoms with Crippen molar-refractivity contribution in [1.82, 2.24) is 0 Å². The molecule has 2 rings (SSSR count). The summed E-state index contributed by atoms with van der Waals surface area (Å²) in [6.45, 7) is 0.